The maximum absolute atomic E-state index is 10.5. The van der Waals surface area contributed by atoms with Crippen molar-refractivity contribution in [1.29, 1.82) is 0 Å². The fraction of sp³-hybridized carbons (Fsp3) is 0.357. The average molecular weight is 265 g/mol. The molecule has 1 aromatic carbocycles. The predicted octanol–water partition coefficient (Wildman–Crippen LogP) is 3.28. The van der Waals surface area contributed by atoms with Gasteiger partial charge in [0, 0.05) is 12.6 Å². The van der Waals surface area contributed by atoms with Crippen molar-refractivity contribution in [3.8, 4) is 0 Å². The number of aliphatic hydroxyl groups excluding tert-OH is 1. The van der Waals surface area contributed by atoms with E-state index in [9.17, 15) is 5.11 Å². The summed E-state index contributed by atoms with van der Waals surface area (Å²) >= 11 is 6.24. The zero-order chi connectivity index (χ0) is 13.3. The van der Waals surface area contributed by atoms with E-state index in [0.717, 1.165) is 11.3 Å². The SMILES string of the molecule is CC(C)c1nn(C)c(Cl)c1C(O)c1ccccc1. The molecule has 18 heavy (non-hydrogen) atoms. The Labute approximate surface area is 112 Å². The van der Waals surface area contributed by atoms with Gasteiger partial charge in [-0.1, -0.05) is 55.8 Å². The van der Waals surface area contributed by atoms with Crippen molar-refractivity contribution in [1.82, 2.24) is 9.78 Å². The second-order valence-corrected chi connectivity index (χ2v) is 5.04. The number of aromatic nitrogens is 2. The molecule has 1 atom stereocenters. The minimum absolute atomic E-state index is 0.220. The van der Waals surface area contributed by atoms with Crippen molar-refractivity contribution in [3.05, 3.63) is 52.3 Å². The summed E-state index contributed by atoms with van der Waals surface area (Å²) in [5.41, 5.74) is 2.38. The monoisotopic (exact) mass is 264 g/mol. The summed E-state index contributed by atoms with van der Waals surface area (Å²) in [6.07, 6.45) is -0.732. The van der Waals surface area contributed by atoms with Gasteiger partial charge in [0.1, 0.15) is 11.3 Å². The molecule has 4 heteroatoms. The third-order valence-electron chi connectivity index (χ3n) is 2.98. The molecule has 2 rings (SSSR count). The summed E-state index contributed by atoms with van der Waals surface area (Å²) in [6.45, 7) is 4.08. The number of hydrogen-bond donors (Lipinski definition) is 1. The Bertz CT molecular complexity index is 534. The van der Waals surface area contributed by atoms with Crippen molar-refractivity contribution >= 4 is 11.6 Å². The van der Waals surface area contributed by atoms with E-state index in [1.54, 1.807) is 11.7 Å². The number of hydrogen-bond acceptors (Lipinski definition) is 2. The maximum atomic E-state index is 10.5. The largest absolute Gasteiger partial charge is 0.383 e. The molecule has 96 valence electrons. The lowest BCUT2D eigenvalue weighted by Crippen LogP contribution is -2.03. The first-order chi connectivity index (χ1) is 8.52. The highest BCUT2D eigenvalue weighted by molar-refractivity contribution is 6.30. The van der Waals surface area contributed by atoms with Gasteiger partial charge in [-0.25, -0.2) is 0 Å². The van der Waals surface area contributed by atoms with Crippen LogP contribution in [0.1, 0.15) is 42.7 Å². The smallest absolute Gasteiger partial charge is 0.133 e. The van der Waals surface area contributed by atoms with E-state index < -0.39 is 6.10 Å². The van der Waals surface area contributed by atoms with Gasteiger partial charge in [0.2, 0.25) is 0 Å². The average Bonchev–Trinajstić information content (AvgIpc) is 2.66. The number of benzene rings is 1. The van der Waals surface area contributed by atoms with Crippen LogP contribution in [0.4, 0.5) is 0 Å². The third-order valence-corrected chi connectivity index (χ3v) is 3.42. The fourth-order valence-corrected chi connectivity index (χ4v) is 2.26. The number of aliphatic hydroxyl groups is 1. The van der Waals surface area contributed by atoms with E-state index in [1.807, 2.05) is 44.2 Å². The molecule has 2 aromatic rings. The van der Waals surface area contributed by atoms with Crippen LogP contribution in [0.15, 0.2) is 30.3 Å². The van der Waals surface area contributed by atoms with Gasteiger partial charge in [-0.2, -0.15) is 5.10 Å². The van der Waals surface area contributed by atoms with E-state index in [2.05, 4.69) is 5.10 Å². The highest BCUT2D eigenvalue weighted by atomic mass is 35.5. The molecule has 0 aliphatic rings. The van der Waals surface area contributed by atoms with Crippen LogP contribution in [0.2, 0.25) is 5.15 Å². The first-order valence-corrected chi connectivity index (χ1v) is 6.35. The summed E-state index contributed by atoms with van der Waals surface area (Å²) in [5, 5.41) is 15.4. The Hall–Kier alpha value is -1.32. The molecule has 0 fully saturated rings. The molecule has 0 spiro atoms. The molecule has 0 amide bonds. The molecule has 1 unspecified atom stereocenters. The van der Waals surface area contributed by atoms with Crippen LogP contribution in [0, 0.1) is 0 Å². The first kappa shape index (κ1) is 13.1. The lowest BCUT2D eigenvalue weighted by Gasteiger charge is -2.13. The minimum Gasteiger partial charge on any atom is -0.383 e. The van der Waals surface area contributed by atoms with Gasteiger partial charge in [0.25, 0.3) is 0 Å². The quantitative estimate of drug-likeness (QED) is 0.924. The Kier molecular flexibility index (Phi) is 3.73. The molecule has 0 bridgehead atoms. The van der Waals surface area contributed by atoms with E-state index in [4.69, 9.17) is 11.6 Å². The Morgan fingerprint density at radius 1 is 1.22 bits per heavy atom. The van der Waals surface area contributed by atoms with Crippen molar-refractivity contribution in [2.45, 2.75) is 25.9 Å². The number of halogens is 1. The number of rotatable bonds is 3. The van der Waals surface area contributed by atoms with Gasteiger partial charge in [-0.15, -0.1) is 0 Å². The molecule has 0 saturated heterocycles. The standard InChI is InChI=1S/C14H17ClN2O/c1-9(2)12-11(14(15)17(3)16-12)13(18)10-7-5-4-6-8-10/h4-9,13,18H,1-3H3. The molecule has 0 radical (unpaired) electrons. The molecule has 1 N–H and O–H groups in total. The summed E-state index contributed by atoms with van der Waals surface area (Å²) in [4.78, 5) is 0. The van der Waals surface area contributed by atoms with Gasteiger partial charge in [0.05, 0.1) is 5.69 Å². The minimum atomic E-state index is -0.732. The van der Waals surface area contributed by atoms with Crippen LogP contribution in [0.5, 0.6) is 0 Å². The molecule has 0 aliphatic carbocycles. The first-order valence-electron chi connectivity index (χ1n) is 5.97. The van der Waals surface area contributed by atoms with Crippen LogP contribution >= 0.6 is 11.6 Å². The molecule has 0 saturated carbocycles. The summed E-state index contributed by atoms with van der Waals surface area (Å²) in [5.74, 6) is 0.220. The van der Waals surface area contributed by atoms with Gasteiger partial charge in [-0.3, -0.25) is 4.68 Å². The van der Waals surface area contributed by atoms with Crippen molar-refractivity contribution in [2.75, 3.05) is 0 Å². The van der Waals surface area contributed by atoms with Crippen LogP contribution < -0.4 is 0 Å². The Morgan fingerprint density at radius 2 is 1.83 bits per heavy atom. The van der Waals surface area contributed by atoms with Gasteiger partial charge < -0.3 is 5.11 Å². The molecular weight excluding hydrogens is 248 g/mol. The van der Waals surface area contributed by atoms with E-state index in [1.165, 1.54) is 0 Å². The number of nitrogens with zero attached hydrogens (tertiary/aromatic N) is 2. The normalized spacial score (nSPS) is 13.0. The molecule has 1 aromatic heterocycles. The van der Waals surface area contributed by atoms with Crippen molar-refractivity contribution in [3.63, 3.8) is 0 Å². The zero-order valence-corrected chi connectivity index (χ0v) is 11.5. The zero-order valence-electron chi connectivity index (χ0n) is 10.8. The Morgan fingerprint density at radius 3 is 2.39 bits per heavy atom. The second kappa shape index (κ2) is 5.12. The van der Waals surface area contributed by atoms with Crippen LogP contribution in [-0.4, -0.2) is 14.9 Å². The maximum Gasteiger partial charge on any atom is 0.133 e. The van der Waals surface area contributed by atoms with Crippen molar-refractivity contribution < 1.29 is 5.11 Å². The second-order valence-electron chi connectivity index (χ2n) is 4.68. The highest BCUT2D eigenvalue weighted by Gasteiger charge is 2.24. The van der Waals surface area contributed by atoms with Gasteiger partial charge >= 0.3 is 0 Å². The summed E-state index contributed by atoms with van der Waals surface area (Å²) in [7, 11) is 1.79. The predicted molar refractivity (Wildman–Crippen MR) is 72.8 cm³/mol. The molecule has 1 heterocycles. The fourth-order valence-electron chi connectivity index (χ4n) is 2.02. The van der Waals surface area contributed by atoms with Crippen LogP contribution in [0.3, 0.4) is 0 Å². The topological polar surface area (TPSA) is 38.0 Å². The third kappa shape index (κ3) is 2.28. The van der Waals surface area contributed by atoms with E-state index >= 15 is 0 Å². The molecular formula is C14H17ClN2O. The lowest BCUT2D eigenvalue weighted by molar-refractivity contribution is 0.219. The van der Waals surface area contributed by atoms with Crippen LogP contribution in [0.25, 0.3) is 0 Å². The van der Waals surface area contributed by atoms with Crippen LogP contribution in [-0.2, 0) is 7.05 Å². The molecule has 0 aliphatic heterocycles. The highest BCUT2D eigenvalue weighted by Crippen LogP contribution is 2.34. The summed E-state index contributed by atoms with van der Waals surface area (Å²) < 4.78 is 1.61. The summed E-state index contributed by atoms with van der Waals surface area (Å²) in [6, 6.07) is 9.50. The Balaban J connectivity index is 2.50. The molecule has 3 nitrogen and oxygen atoms in total. The van der Waals surface area contributed by atoms with Crippen molar-refractivity contribution in [2.24, 2.45) is 7.05 Å². The lowest BCUT2D eigenvalue weighted by atomic mass is 9.97. The van der Waals surface area contributed by atoms with Gasteiger partial charge in [-0.05, 0) is 11.5 Å². The van der Waals surface area contributed by atoms with E-state index in [0.29, 0.717) is 10.7 Å². The van der Waals surface area contributed by atoms with Gasteiger partial charge in [0.15, 0.2) is 0 Å². The van der Waals surface area contributed by atoms with E-state index in [-0.39, 0.29) is 5.92 Å². The number of aryl methyl sites for hydroxylation is 1.